The largest absolute Gasteiger partial charge is 0.497 e. The summed E-state index contributed by atoms with van der Waals surface area (Å²) in [4.78, 5) is 16.5. The summed E-state index contributed by atoms with van der Waals surface area (Å²) in [5.41, 5.74) is 1.05. The van der Waals surface area contributed by atoms with Crippen LogP contribution in [0, 0.1) is 0 Å². The molecule has 1 fully saturated rings. The van der Waals surface area contributed by atoms with Gasteiger partial charge in [-0.3, -0.25) is 4.79 Å². The van der Waals surface area contributed by atoms with E-state index in [0.29, 0.717) is 12.5 Å². The lowest BCUT2D eigenvalue weighted by Gasteiger charge is -2.35. The van der Waals surface area contributed by atoms with Crippen LogP contribution in [0.3, 0.4) is 0 Å². The molecule has 1 aromatic carbocycles. The fraction of sp³-hybridized carbons (Fsp3) is 0.562. The Morgan fingerprint density at radius 2 is 1.85 bits per heavy atom. The van der Waals surface area contributed by atoms with Crippen LogP contribution in [0.25, 0.3) is 0 Å². The molecule has 0 aromatic heterocycles. The summed E-state index contributed by atoms with van der Waals surface area (Å²) < 4.78 is 5.12. The Balaban J connectivity index is 1.86. The van der Waals surface area contributed by atoms with Gasteiger partial charge < -0.3 is 14.5 Å². The number of nitrogens with zero attached hydrogens (tertiary/aromatic N) is 2. The Kier molecular flexibility index (Phi) is 5.01. The second-order valence-electron chi connectivity index (χ2n) is 5.60. The van der Waals surface area contributed by atoms with Crippen molar-refractivity contribution < 1.29 is 9.53 Å². The zero-order valence-corrected chi connectivity index (χ0v) is 12.6. The van der Waals surface area contributed by atoms with Crippen molar-refractivity contribution in [1.29, 1.82) is 0 Å². The van der Waals surface area contributed by atoms with Crippen molar-refractivity contribution in [3.8, 4) is 5.75 Å². The average molecular weight is 276 g/mol. The lowest BCUT2D eigenvalue weighted by molar-refractivity contribution is -0.131. The lowest BCUT2D eigenvalue weighted by atomic mass is 10.0. The summed E-state index contributed by atoms with van der Waals surface area (Å²) in [6.45, 7) is 1.75. The number of carbonyl (C=O) groups excluding carboxylic acids is 1. The van der Waals surface area contributed by atoms with Gasteiger partial charge >= 0.3 is 0 Å². The lowest BCUT2D eigenvalue weighted by Crippen LogP contribution is -2.44. The number of piperidine rings is 1. The van der Waals surface area contributed by atoms with E-state index >= 15 is 0 Å². The zero-order valence-electron chi connectivity index (χ0n) is 12.6. The Hall–Kier alpha value is -1.55. The Morgan fingerprint density at radius 1 is 1.25 bits per heavy atom. The van der Waals surface area contributed by atoms with Crippen molar-refractivity contribution >= 4 is 5.91 Å². The van der Waals surface area contributed by atoms with Crippen LogP contribution in [-0.2, 0) is 11.2 Å². The SMILES string of the molecule is COc1ccc(CC(=O)N2CCC(N(C)C)CC2)cc1. The first-order valence-electron chi connectivity index (χ1n) is 7.17. The summed E-state index contributed by atoms with van der Waals surface area (Å²) in [6.07, 6.45) is 2.62. The van der Waals surface area contributed by atoms with Gasteiger partial charge in [-0.1, -0.05) is 12.1 Å². The van der Waals surface area contributed by atoms with Gasteiger partial charge in [-0.15, -0.1) is 0 Å². The molecule has 1 saturated heterocycles. The van der Waals surface area contributed by atoms with Crippen molar-refractivity contribution in [2.75, 3.05) is 34.3 Å². The molecular weight excluding hydrogens is 252 g/mol. The van der Waals surface area contributed by atoms with Crippen LogP contribution in [0.2, 0.25) is 0 Å². The van der Waals surface area contributed by atoms with Crippen molar-refractivity contribution in [2.24, 2.45) is 0 Å². The summed E-state index contributed by atoms with van der Waals surface area (Å²) >= 11 is 0. The van der Waals surface area contributed by atoms with E-state index in [4.69, 9.17) is 4.74 Å². The molecule has 0 radical (unpaired) electrons. The number of carbonyl (C=O) groups is 1. The van der Waals surface area contributed by atoms with Crippen LogP contribution in [0.4, 0.5) is 0 Å². The van der Waals surface area contributed by atoms with E-state index in [1.54, 1.807) is 7.11 Å². The molecule has 1 heterocycles. The van der Waals surface area contributed by atoms with Gasteiger partial charge in [0.25, 0.3) is 0 Å². The molecule has 1 aliphatic heterocycles. The van der Waals surface area contributed by atoms with E-state index in [0.717, 1.165) is 37.2 Å². The second kappa shape index (κ2) is 6.75. The first-order valence-corrected chi connectivity index (χ1v) is 7.17. The van der Waals surface area contributed by atoms with E-state index in [-0.39, 0.29) is 5.91 Å². The summed E-state index contributed by atoms with van der Waals surface area (Å²) in [5.74, 6) is 1.06. The van der Waals surface area contributed by atoms with Gasteiger partial charge in [0.2, 0.25) is 5.91 Å². The minimum atomic E-state index is 0.229. The normalized spacial score (nSPS) is 16.5. The number of ether oxygens (including phenoxy) is 1. The smallest absolute Gasteiger partial charge is 0.226 e. The molecule has 0 aliphatic carbocycles. The van der Waals surface area contributed by atoms with Crippen LogP contribution in [0.5, 0.6) is 5.75 Å². The highest BCUT2D eigenvalue weighted by molar-refractivity contribution is 5.78. The molecule has 1 aromatic rings. The maximum atomic E-state index is 12.3. The molecule has 0 bridgehead atoms. The third-order valence-corrected chi connectivity index (χ3v) is 4.06. The van der Waals surface area contributed by atoms with E-state index in [1.165, 1.54) is 0 Å². The maximum absolute atomic E-state index is 12.3. The Bertz CT molecular complexity index is 434. The number of methoxy groups -OCH3 is 1. The molecule has 0 spiro atoms. The molecule has 2 rings (SSSR count). The molecule has 1 aliphatic rings. The fourth-order valence-electron chi connectivity index (χ4n) is 2.66. The van der Waals surface area contributed by atoms with Crippen molar-refractivity contribution in [3.63, 3.8) is 0 Å². The van der Waals surface area contributed by atoms with Crippen LogP contribution in [-0.4, -0.2) is 56.0 Å². The van der Waals surface area contributed by atoms with Gasteiger partial charge in [0.15, 0.2) is 0 Å². The third-order valence-electron chi connectivity index (χ3n) is 4.06. The molecule has 20 heavy (non-hydrogen) atoms. The van der Waals surface area contributed by atoms with Crippen LogP contribution in [0.1, 0.15) is 18.4 Å². The van der Waals surface area contributed by atoms with Crippen molar-refractivity contribution in [3.05, 3.63) is 29.8 Å². The predicted octanol–water partition coefficient (Wildman–Crippen LogP) is 1.79. The first-order chi connectivity index (χ1) is 9.60. The second-order valence-corrected chi connectivity index (χ2v) is 5.60. The molecule has 0 unspecified atom stereocenters. The molecule has 4 heteroatoms. The van der Waals surface area contributed by atoms with E-state index < -0.39 is 0 Å². The maximum Gasteiger partial charge on any atom is 0.226 e. The number of hydrogen-bond acceptors (Lipinski definition) is 3. The monoisotopic (exact) mass is 276 g/mol. The standard InChI is InChI=1S/C16H24N2O2/c1-17(2)14-8-10-18(11-9-14)16(19)12-13-4-6-15(20-3)7-5-13/h4-7,14H,8-12H2,1-3H3. The van der Waals surface area contributed by atoms with Crippen LogP contribution >= 0.6 is 0 Å². The third kappa shape index (κ3) is 3.73. The van der Waals surface area contributed by atoms with Gasteiger partial charge in [0.1, 0.15) is 5.75 Å². The highest BCUT2D eigenvalue weighted by atomic mass is 16.5. The van der Waals surface area contributed by atoms with Crippen LogP contribution < -0.4 is 4.74 Å². The number of amides is 1. The van der Waals surface area contributed by atoms with Crippen molar-refractivity contribution in [2.45, 2.75) is 25.3 Å². The number of rotatable bonds is 4. The average Bonchev–Trinajstić information content (AvgIpc) is 2.48. The van der Waals surface area contributed by atoms with Crippen LogP contribution in [0.15, 0.2) is 24.3 Å². The summed E-state index contributed by atoms with van der Waals surface area (Å²) in [6, 6.07) is 8.34. The molecule has 4 nitrogen and oxygen atoms in total. The Morgan fingerprint density at radius 3 is 2.35 bits per heavy atom. The molecule has 0 saturated carbocycles. The highest BCUT2D eigenvalue weighted by Gasteiger charge is 2.23. The van der Waals surface area contributed by atoms with E-state index in [1.807, 2.05) is 29.2 Å². The molecule has 0 atom stereocenters. The minimum absolute atomic E-state index is 0.229. The molecule has 110 valence electrons. The first kappa shape index (κ1) is 14.9. The number of benzene rings is 1. The minimum Gasteiger partial charge on any atom is -0.497 e. The van der Waals surface area contributed by atoms with Gasteiger partial charge in [-0.2, -0.15) is 0 Å². The number of likely N-dealkylation sites (tertiary alicyclic amines) is 1. The van der Waals surface area contributed by atoms with Gasteiger partial charge in [0, 0.05) is 19.1 Å². The molecule has 1 amide bonds. The van der Waals surface area contributed by atoms with E-state index in [9.17, 15) is 4.79 Å². The Labute approximate surface area is 121 Å². The molecule has 0 N–H and O–H groups in total. The molecular formula is C16H24N2O2. The van der Waals surface area contributed by atoms with Gasteiger partial charge in [-0.25, -0.2) is 0 Å². The fourth-order valence-corrected chi connectivity index (χ4v) is 2.66. The summed E-state index contributed by atoms with van der Waals surface area (Å²) in [5, 5.41) is 0. The van der Waals surface area contributed by atoms with E-state index in [2.05, 4.69) is 19.0 Å². The summed E-state index contributed by atoms with van der Waals surface area (Å²) in [7, 11) is 5.87. The van der Waals surface area contributed by atoms with Gasteiger partial charge in [0.05, 0.1) is 13.5 Å². The predicted molar refractivity (Wildman–Crippen MR) is 80.0 cm³/mol. The zero-order chi connectivity index (χ0) is 14.5. The quantitative estimate of drug-likeness (QED) is 0.840. The van der Waals surface area contributed by atoms with Gasteiger partial charge in [-0.05, 0) is 44.6 Å². The topological polar surface area (TPSA) is 32.8 Å². The number of hydrogen-bond donors (Lipinski definition) is 0. The van der Waals surface area contributed by atoms with Crippen molar-refractivity contribution in [1.82, 2.24) is 9.80 Å². The highest BCUT2D eigenvalue weighted by Crippen LogP contribution is 2.16.